The van der Waals surface area contributed by atoms with Gasteiger partial charge in [-0.1, -0.05) is 36.4 Å². The lowest BCUT2D eigenvalue weighted by Crippen LogP contribution is -2.41. The Kier molecular flexibility index (Phi) is 3.60. The van der Waals surface area contributed by atoms with Crippen molar-refractivity contribution in [3.8, 4) is 0 Å². The SMILES string of the molecule is CC1(C)OB(c2ccc3cc4ccc5c6ncccc6cc6ccc(c3n2)c4c65)OC1(C)C. The number of hydrogen-bond donors (Lipinski definition) is 0. The molecule has 0 unspecified atom stereocenters. The van der Waals surface area contributed by atoms with E-state index in [9.17, 15) is 0 Å². The molecule has 160 valence electrons. The Morgan fingerprint density at radius 1 is 0.667 bits per heavy atom. The zero-order chi connectivity index (χ0) is 22.5. The van der Waals surface area contributed by atoms with Crippen molar-refractivity contribution < 1.29 is 9.31 Å². The van der Waals surface area contributed by atoms with E-state index in [-0.39, 0.29) is 0 Å². The number of hydrogen-bond acceptors (Lipinski definition) is 4. The minimum Gasteiger partial charge on any atom is -0.398 e. The summed E-state index contributed by atoms with van der Waals surface area (Å²) in [5.41, 5.74) is 2.03. The summed E-state index contributed by atoms with van der Waals surface area (Å²) in [5.74, 6) is 0. The summed E-state index contributed by atoms with van der Waals surface area (Å²) in [6, 6.07) is 21.6. The normalized spacial score (nSPS) is 17.9. The zero-order valence-electron chi connectivity index (χ0n) is 19.1. The Morgan fingerprint density at radius 3 is 1.91 bits per heavy atom. The summed E-state index contributed by atoms with van der Waals surface area (Å²) >= 11 is 0. The first-order valence-electron chi connectivity index (χ1n) is 11.4. The van der Waals surface area contributed by atoms with Crippen molar-refractivity contribution in [2.75, 3.05) is 0 Å². The maximum Gasteiger partial charge on any atom is 0.514 e. The molecule has 0 saturated carbocycles. The second-order valence-electron chi connectivity index (χ2n) is 10.1. The van der Waals surface area contributed by atoms with E-state index in [1.165, 1.54) is 26.9 Å². The Balaban J connectivity index is 1.53. The zero-order valence-corrected chi connectivity index (χ0v) is 19.1. The third-order valence-corrected chi connectivity index (χ3v) is 7.64. The van der Waals surface area contributed by atoms with Gasteiger partial charge in [0.1, 0.15) is 0 Å². The van der Waals surface area contributed by atoms with Crippen molar-refractivity contribution in [3.63, 3.8) is 0 Å². The smallest absolute Gasteiger partial charge is 0.398 e. The minimum absolute atomic E-state index is 0.398. The first-order chi connectivity index (χ1) is 15.8. The van der Waals surface area contributed by atoms with Gasteiger partial charge in [0.05, 0.1) is 27.8 Å². The maximum absolute atomic E-state index is 6.28. The largest absolute Gasteiger partial charge is 0.514 e. The highest BCUT2D eigenvalue weighted by atomic mass is 16.7. The number of aromatic nitrogens is 2. The topological polar surface area (TPSA) is 44.2 Å². The van der Waals surface area contributed by atoms with Gasteiger partial charge in [-0.15, -0.1) is 0 Å². The van der Waals surface area contributed by atoms with Crippen LogP contribution in [0.1, 0.15) is 27.7 Å². The van der Waals surface area contributed by atoms with E-state index in [2.05, 4.69) is 76.2 Å². The Morgan fingerprint density at radius 2 is 1.24 bits per heavy atom. The summed E-state index contributed by atoms with van der Waals surface area (Å²) in [7, 11) is -0.480. The van der Waals surface area contributed by atoms with Crippen molar-refractivity contribution >= 4 is 66.8 Å². The van der Waals surface area contributed by atoms with Gasteiger partial charge in [-0.25, -0.2) is 0 Å². The average molecular weight is 430 g/mol. The van der Waals surface area contributed by atoms with Crippen LogP contribution in [0.15, 0.2) is 66.9 Å². The van der Waals surface area contributed by atoms with Gasteiger partial charge < -0.3 is 9.31 Å². The molecule has 1 saturated heterocycles. The van der Waals surface area contributed by atoms with E-state index in [4.69, 9.17) is 19.3 Å². The van der Waals surface area contributed by atoms with E-state index >= 15 is 0 Å². The van der Waals surface area contributed by atoms with Crippen LogP contribution in [-0.2, 0) is 9.31 Å². The molecular weight excluding hydrogens is 407 g/mol. The van der Waals surface area contributed by atoms with Gasteiger partial charge >= 0.3 is 7.12 Å². The molecule has 33 heavy (non-hydrogen) atoms. The Labute approximate surface area is 192 Å². The standard InChI is InChI=1S/C28H23BN2O2/c1-27(2)28(3,4)33-29(32-27)22-12-9-19-15-17-7-10-20-23-16(14-18-6-5-13-30-25(18)20)8-11-21(24(17)23)26(19)31-22/h5-15H,1-4H3. The average Bonchev–Trinajstić information content (AvgIpc) is 3.03. The van der Waals surface area contributed by atoms with Gasteiger partial charge in [-0.05, 0) is 73.5 Å². The van der Waals surface area contributed by atoms with Crippen molar-refractivity contribution in [1.82, 2.24) is 9.97 Å². The second-order valence-corrected chi connectivity index (χ2v) is 10.1. The van der Waals surface area contributed by atoms with Crippen LogP contribution in [0.3, 0.4) is 0 Å². The van der Waals surface area contributed by atoms with Crippen LogP contribution >= 0.6 is 0 Å². The van der Waals surface area contributed by atoms with Crippen LogP contribution in [0.25, 0.3) is 54.1 Å². The maximum atomic E-state index is 6.28. The number of pyridine rings is 2. The summed E-state index contributed by atoms with van der Waals surface area (Å²) in [6.45, 7) is 8.28. The summed E-state index contributed by atoms with van der Waals surface area (Å²) in [6.07, 6.45) is 1.87. The molecule has 4 nitrogen and oxygen atoms in total. The number of nitrogens with zero attached hydrogens (tertiary/aromatic N) is 2. The summed E-state index contributed by atoms with van der Waals surface area (Å²) in [4.78, 5) is 9.78. The first-order valence-corrected chi connectivity index (χ1v) is 11.4. The molecule has 0 N–H and O–H groups in total. The Bertz CT molecular complexity index is 1730. The van der Waals surface area contributed by atoms with E-state index in [1.807, 2.05) is 18.3 Å². The number of rotatable bonds is 1. The molecule has 0 bridgehead atoms. The van der Waals surface area contributed by atoms with E-state index in [0.717, 1.165) is 32.8 Å². The van der Waals surface area contributed by atoms with Gasteiger partial charge in [0.2, 0.25) is 0 Å². The van der Waals surface area contributed by atoms with E-state index < -0.39 is 18.3 Å². The van der Waals surface area contributed by atoms with Crippen LogP contribution in [0, 0.1) is 0 Å². The van der Waals surface area contributed by atoms with E-state index in [1.54, 1.807) is 0 Å². The molecule has 1 aliphatic heterocycles. The third-order valence-electron chi connectivity index (χ3n) is 7.64. The van der Waals surface area contributed by atoms with Gasteiger partial charge in [0, 0.05) is 27.7 Å². The lowest BCUT2D eigenvalue weighted by Gasteiger charge is -2.32. The molecule has 0 radical (unpaired) electrons. The van der Waals surface area contributed by atoms with Gasteiger partial charge in [0.15, 0.2) is 0 Å². The molecule has 0 spiro atoms. The van der Waals surface area contributed by atoms with Gasteiger partial charge in [-0.2, -0.15) is 0 Å². The highest BCUT2D eigenvalue weighted by Crippen LogP contribution is 2.40. The molecule has 1 aliphatic rings. The molecule has 7 rings (SSSR count). The fourth-order valence-electron chi connectivity index (χ4n) is 5.19. The predicted molar refractivity (Wildman–Crippen MR) is 136 cm³/mol. The lowest BCUT2D eigenvalue weighted by molar-refractivity contribution is 0.00578. The molecule has 6 aromatic rings. The molecule has 4 aromatic carbocycles. The van der Waals surface area contributed by atoms with Gasteiger partial charge in [-0.3, -0.25) is 9.97 Å². The third kappa shape index (κ3) is 2.55. The Hall–Kier alpha value is -3.28. The molecule has 1 fully saturated rings. The predicted octanol–water partition coefficient (Wildman–Crippen LogP) is 5.98. The molecule has 2 aromatic heterocycles. The fourth-order valence-corrected chi connectivity index (χ4v) is 5.19. The lowest BCUT2D eigenvalue weighted by atomic mass is 9.83. The van der Waals surface area contributed by atoms with Crippen molar-refractivity contribution in [2.45, 2.75) is 38.9 Å². The summed E-state index contributed by atoms with van der Waals surface area (Å²) < 4.78 is 12.6. The van der Waals surface area contributed by atoms with E-state index in [0.29, 0.717) is 0 Å². The summed E-state index contributed by atoms with van der Waals surface area (Å²) in [5, 5.41) is 9.54. The van der Waals surface area contributed by atoms with Crippen LogP contribution in [0.4, 0.5) is 0 Å². The number of benzene rings is 4. The second kappa shape index (κ2) is 6.19. The van der Waals surface area contributed by atoms with Crippen LogP contribution in [0.5, 0.6) is 0 Å². The molecular formula is C28H23BN2O2. The molecule has 3 heterocycles. The monoisotopic (exact) mass is 430 g/mol. The van der Waals surface area contributed by atoms with Crippen LogP contribution in [-0.4, -0.2) is 28.3 Å². The fraction of sp³-hybridized carbons (Fsp3) is 0.214. The highest BCUT2D eigenvalue weighted by molar-refractivity contribution is 6.61. The molecule has 0 atom stereocenters. The quantitative estimate of drug-likeness (QED) is 0.183. The number of fused-ring (bicyclic) bond motifs is 4. The first kappa shape index (κ1) is 19.2. The molecule has 0 aliphatic carbocycles. The van der Waals surface area contributed by atoms with Crippen molar-refractivity contribution in [1.29, 1.82) is 0 Å². The molecule has 5 heteroatoms. The molecule has 0 amide bonds. The van der Waals surface area contributed by atoms with Gasteiger partial charge in [0.25, 0.3) is 0 Å². The van der Waals surface area contributed by atoms with Crippen LogP contribution in [0.2, 0.25) is 0 Å². The van der Waals surface area contributed by atoms with Crippen molar-refractivity contribution in [2.24, 2.45) is 0 Å². The highest BCUT2D eigenvalue weighted by Gasteiger charge is 2.52. The van der Waals surface area contributed by atoms with Crippen molar-refractivity contribution in [3.05, 3.63) is 66.9 Å². The minimum atomic E-state index is -0.480. The van der Waals surface area contributed by atoms with Crippen LogP contribution < -0.4 is 5.59 Å².